The smallest absolute Gasteiger partial charge is 0.324 e. The number of rotatable bonds is 9. The van der Waals surface area contributed by atoms with Crippen LogP contribution in [0.2, 0.25) is 0 Å². The molecular formula is C24H36O5. The number of hydrogen-bond acceptors (Lipinski definition) is 5. The second kappa shape index (κ2) is 10.0. The summed E-state index contributed by atoms with van der Waals surface area (Å²) in [6.07, 6.45) is 0.514. The Hall–Kier alpha value is -2.17. The van der Waals surface area contributed by atoms with E-state index in [0.717, 1.165) is 11.3 Å². The van der Waals surface area contributed by atoms with E-state index >= 15 is 0 Å². The van der Waals surface area contributed by atoms with Gasteiger partial charge in [-0.2, -0.15) is 0 Å². The Kier molecular flexibility index (Phi) is 8.61. The third-order valence-corrected chi connectivity index (χ3v) is 4.73. The van der Waals surface area contributed by atoms with Gasteiger partial charge in [-0.1, -0.05) is 53.7 Å². The molecule has 0 aromatic heterocycles. The predicted molar refractivity (Wildman–Crippen MR) is 114 cm³/mol. The average Bonchev–Trinajstić information content (AvgIpc) is 2.57. The number of ketones is 2. The number of benzene rings is 1. The van der Waals surface area contributed by atoms with Gasteiger partial charge in [0.15, 0.2) is 17.5 Å². The lowest BCUT2D eigenvalue weighted by Gasteiger charge is -2.27. The lowest BCUT2D eigenvalue weighted by atomic mass is 9.80. The summed E-state index contributed by atoms with van der Waals surface area (Å²) in [5.41, 5.74) is 2.31. The highest BCUT2D eigenvalue weighted by Gasteiger charge is 2.31. The molecule has 1 rings (SSSR count). The number of Topliss-reactive ketones (excluding diaryl/α,β-unsaturated/α-hetero) is 2. The van der Waals surface area contributed by atoms with Crippen LogP contribution in [0, 0.1) is 5.92 Å². The molecule has 0 fully saturated rings. The van der Waals surface area contributed by atoms with E-state index in [1.807, 2.05) is 6.07 Å². The minimum absolute atomic E-state index is 0.0414. The number of carbonyl (C=O) groups excluding carboxylic acids is 3. The third-order valence-electron chi connectivity index (χ3n) is 4.73. The number of hydrogen-bond donors (Lipinski definition) is 0. The first-order valence-electron chi connectivity index (χ1n) is 10.3. The van der Waals surface area contributed by atoms with Crippen molar-refractivity contribution < 1.29 is 23.9 Å². The molecule has 0 saturated carbocycles. The molecule has 5 heteroatoms. The summed E-state index contributed by atoms with van der Waals surface area (Å²) in [4.78, 5) is 35.8. The van der Waals surface area contributed by atoms with Gasteiger partial charge in [-0.3, -0.25) is 14.4 Å². The molecule has 29 heavy (non-hydrogen) atoms. The second-order valence-electron chi connectivity index (χ2n) is 9.42. The molecule has 0 spiro atoms. The fraction of sp³-hybridized carbons (Fsp3) is 0.625. The standard InChI is InChI=1S/C24H36O5/c1-9-28-22(27)21(16(2)25)19(26)11-10-14-29-20-13-12-17(23(3,4)5)15-18(20)24(6,7)8/h12-13,15,21H,9-11,14H2,1-8H3. The van der Waals surface area contributed by atoms with Gasteiger partial charge in [0.1, 0.15) is 5.75 Å². The Morgan fingerprint density at radius 2 is 1.62 bits per heavy atom. The Balaban J connectivity index is 2.80. The van der Waals surface area contributed by atoms with Crippen molar-refractivity contribution in [3.63, 3.8) is 0 Å². The second-order valence-corrected chi connectivity index (χ2v) is 9.42. The minimum atomic E-state index is -1.33. The molecule has 0 aliphatic heterocycles. The molecular weight excluding hydrogens is 368 g/mol. The topological polar surface area (TPSA) is 69.7 Å². The summed E-state index contributed by atoms with van der Waals surface area (Å²) >= 11 is 0. The SMILES string of the molecule is CCOC(=O)C(C(C)=O)C(=O)CCCOc1ccc(C(C)(C)C)cc1C(C)(C)C. The van der Waals surface area contributed by atoms with Crippen LogP contribution in [-0.2, 0) is 30.0 Å². The molecule has 0 amide bonds. The normalized spacial score (nSPS) is 13.0. The first-order chi connectivity index (χ1) is 13.3. The van der Waals surface area contributed by atoms with Crippen molar-refractivity contribution in [2.24, 2.45) is 5.92 Å². The molecule has 0 heterocycles. The van der Waals surface area contributed by atoms with Gasteiger partial charge in [-0.25, -0.2) is 0 Å². The van der Waals surface area contributed by atoms with Crippen LogP contribution in [0.5, 0.6) is 5.75 Å². The Morgan fingerprint density at radius 1 is 1.00 bits per heavy atom. The first kappa shape index (κ1) is 24.9. The zero-order valence-corrected chi connectivity index (χ0v) is 19.2. The monoisotopic (exact) mass is 404 g/mol. The van der Waals surface area contributed by atoms with Crippen LogP contribution in [0.3, 0.4) is 0 Å². The number of carbonyl (C=O) groups is 3. The van der Waals surface area contributed by atoms with Gasteiger partial charge < -0.3 is 9.47 Å². The lowest BCUT2D eigenvalue weighted by molar-refractivity contribution is -0.154. The summed E-state index contributed by atoms with van der Waals surface area (Å²) in [7, 11) is 0. The molecule has 5 nitrogen and oxygen atoms in total. The van der Waals surface area contributed by atoms with Gasteiger partial charge in [0.2, 0.25) is 0 Å². The molecule has 0 radical (unpaired) electrons. The highest BCUT2D eigenvalue weighted by Crippen LogP contribution is 2.35. The molecule has 0 aliphatic rings. The molecule has 1 aromatic rings. The van der Waals surface area contributed by atoms with Crippen molar-refractivity contribution in [2.45, 2.75) is 79.1 Å². The largest absolute Gasteiger partial charge is 0.493 e. The number of esters is 1. The highest BCUT2D eigenvalue weighted by molar-refractivity contribution is 6.16. The van der Waals surface area contributed by atoms with Crippen LogP contribution in [0.1, 0.15) is 79.4 Å². The van der Waals surface area contributed by atoms with E-state index in [1.165, 1.54) is 12.5 Å². The van der Waals surface area contributed by atoms with E-state index < -0.39 is 23.5 Å². The van der Waals surface area contributed by atoms with Crippen LogP contribution in [0.15, 0.2) is 18.2 Å². The van der Waals surface area contributed by atoms with Gasteiger partial charge in [0.25, 0.3) is 0 Å². The third kappa shape index (κ3) is 7.30. The maximum absolute atomic E-state index is 12.3. The van der Waals surface area contributed by atoms with E-state index in [1.54, 1.807) is 6.92 Å². The summed E-state index contributed by atoms with van der Waals surface area (Å²) in [6, 6.07) is 6.25. The van der Waals surface area contributed by atoms with E-state index in [0.29, 0.717) is 13.0 Å². The molecule has 0 bridgehead atoms. The van der Waals surface area contributed by atoms with Gasteiger partial charge in [-0.15, -0.1) is 0 Å². The summed E-state index contributed by atoms with van der Waals surface area (Å²) in [5.74, 6) is -2.20. The summed E-state index contributed by atoms with van der Waals surface area (Å²) < 4.78 is 10.8. The van der Waals surface area contributed by atoms with Gasteiger partial charge >= 0.3 is 5.97 Å². The van der Waals surface area contributed by atoms with Crippen LogP contribution < -0.4 is 4.74 Å². The summed E-state index contributed by atoms with van der Waals surface area (Å²) in [6.45, 7) is 16.3. The zero-order valence-electron chi connectivity index (χ0n) is 19.2. The van der Waals surface area contributed by atoms with Crippen molar-refractivity contribution in [1.29, 1.82) is 0 Å². The van der Waals surface area contributed by atoms with E-state index in [4.69, 9.17) is 9.47 Å². The van der Waals surface area contributed by atoms with Crippen molar-refractivity contribution in [3.05, 3.63) is 29.3 Å². The number of ether oxygens (including phenoxy) is 2. The maximum Gasteiger partial charge on any atom is 0.324 e. The molecule has 1 aromatic carbocycles. The van der Waals surface area contributed by atoms with Crippen LogP contribution in [0.4, 0.5) is 0 Å². The lowest BCUT2D eigenvalue weighted by Crippen LogP contribution is -2.32. The molecule has 0 saturated heterocycles. The van der Waals surface area contributed by atoms with Crippen molar-refractivity contribution >= 4 is 17.5 Å². The first-order valence-corrected chi connectivity index (χ1v) is 10.3. The Labute approximate surface area is 175 Å². The van der Waals surface area contributed by atoms with Crippen molar-refractivity contribution in [2.75, 3.05) is 13.2 Å². The fourth-order valence-corrected chi connectivity index (χ4v) is 3.03. The maximum atomic E-state index is 12.3. The van der Waals surface area contributed by atoms with Gasteiger partial charge in [0, 0.05) is 6.42 Å². The highest BCUT2D eigenvalue weighted by atomic mass is 16.5. The Bertz CT molecular complexity index is 735. The molecule has 1 atom stereocenters. The van der Waals surface area contributed by atoms with Gasteiger partial charge in [0.05, 0.1) is 13.2 Å². The Morgan fingerprint density at radius 3 is 2.10 bits per heavy atom. The zero-order chi connectivity index (χ0) is 22.4. The summed E-state index contributed by atoms with van der Waals surface area (Å²) in [5, 5.41) is 0. The average molecular weight is 405 g/mol. The predicted octanol–water partition coefficient (Wildman–Crippen LogP) is 4.78. The van der Waals surface area contributed by atoms with E-state index in [-0.39, 0.29) is 23.9 Å². The fourth-order valence-electron chi connectivity index (χ4n) is 3.03. The molecule has 162 valence electrons. The minimum Gasteiger partial charge on any atom is -0.493 e. The molecule has 0 aliphatic carbocycles. The van der Waals surface area contributed by atoms with Crippen molar-refractivity contribution in [1.82, 2.24) is 0 Å². The van der Waals surface area contributed by atoms with Crippen LogP contribution >= 0.6 is 0 Å². The van der Waals surface area contributed by atoms with Gasteiger partial charge in [-0.05, 0) is 48.3 Å². The van der Waals surface area contributed by atoms with E-state index in [9.17, 15) is 14.4 Å². The van der Waals surface area contributed by atoms with E-state index in [2.05, 4.69) is 53.7 Å². The van der Waals surface area contributed by atoms with Crippen LogP contribution in [-0.4, -0.2) is 30.7 Å². The van der Waals surface area contributed by atoms with Crippen molar-refractivity contribution in [3.8, 4) is 5.75 Å². The molecule has 0 N–H and O–H groups in total. The quantitative estimate of drug-likeness (QED) is 0.337. The molecule has 1 unspecified atom stereocenters. The van der Waals surface area contributed by atoms with Crippen LogP contribution in [0.25, 0.3) is 0 Å².